The zero-order chi connectivity index (χ0) is 16.3. The number of aryl methyl sites for hydroxylation is 2. The Hall–Kier alpha value is -1.05. The first-order chi connectivity index (χ1) is 10.3. The fraction of sp³-hybridized carbons (Fsp3) is 0.533. The SMILES string of the molecule is COC(=O)CS[C@@H]1CCN(S(=O)(=O)c2cc(C)ccc2C)C1. The maximum absolute atomic E-state index is 12.8. The van der Waals surface area contributed by atoms with E-state index >= 15 is 0 Å². The van der Waals surface area contributed by atoms with E-state index in [0.717, 1.165) is 17.5 Å². The molecule has 5 nitrogen and oxygen atoms in total. The van der Waals surface area contributed by atoms with Crippen LogP contribution in [0.4, 0.5) is 0 Å². The van der Waals surface area contributed by atoms with Crippen molar-refractivity contribution in [1.29, 1.82) is 0 Å². The molecule has 0 bridgehead atoms. The first-order valence-corrected chi connectivity index (χ1v) is 9.59. The maximum Gasteiger partial charge on any atom is 0.315 e. The fourth-order valence-electron chi connectivity index (χ4n) is 2.42. The van der Waals surface area contributed by atoms with Crippen LogP contribution in [0.3, 0.4) is 0 Å². The number of carbonyl (C=O) groups excluding carboxylic acids is 1. The average molecular weight is 343 g/mol. The van der Waals surface area contributed by atoms with Gasteiger partial charge in [0.1, 0.15) is 0 Å². The third-order valence-corrected chi connectivity index (χ3v) is 7.00. The number of carbonyl (C=O) groups is 1. The Morgan fingerprint density at radius 1 is 1.41 bits per heavy atom. The van der Waals surface area contributed by atoms with E-state index in [2.05, 4.69) is 4.74 Å². The number of nitrogens with zero attached hydrogens (tertiary/aromatic N) is 1. The molecular weight excluding hydrogens is 322 g/mol. The molecule has 0 amide bonds. The number of hydrogen-bond donors (Lipinski definition) is 0. The summed E-state index contributed by atoms with van der Waals surface area (Å²) in [6.07, 6.45) is 0.756. The Labute approximate surface area is 136 Å². The van der Waals surface area contributed by atoms with Crippen molar-refractivity contribution in [3.05, 3.63) is 29.3 Å². The number of rotatable bonds is 5. The minimum Gasteiger partial charge on any atom is -0.468 e. The van der Waals surface area contributed by atoms with Crippen molar-refractivity contribution in [1.82, 2.24) is 4.31 Å². The predicted molar refractivity (Wildman–Crippen MR) is 87.6 cm³/mol. The second kappa shape index (κ2) is 7.02. The Morgan fingerprint density at radius 3 is 2.82 bits per heavy atom. The molecular formula is C15H21NO4S2. The van der Waals surface area contributed by atoms with Gasteiger partial charge < -0.3 is 4.74 Å². The molecule has 0 aromatic heterocycles. The van der Waals surface area contributed by atoms with Crippen molar-refractivity contribution in [2.45, 2.75) is 30.4 Å². The van der Waals surface area contributed by atoms with Crippen molar-refractivity contribution in [2.24, 2.45) is 0 Å². The zero-order valence-electron chi connectivity index (χ0n) is 13.0. The standard InChI is InChI=1S/C15H21NO4S2/c1-11-4-5-12(2)14(8-11)22(18,19)16-7-6-13(9-16)21-10-15(17)20-3/h4-5,8,13H,6-7,9-10H2,1-3H3/t13-/m1/s1. The quantitative estimate of drug-likeness (QED) is 0.765. The minimum absolute atomic E-state index is 0.138. The Morgan fingerprint density at radius 2 is 2.14 bits per heavy atom. The van der Waals surface area contributed by atoms with Crippen LogP contribution in [0.15, 0.2) is 23.1 Å². The summed E-state index contributed by atoms with van der Waals surface area (Å²) in [6.45, 7) is 4.63. The molecule has 1 aromatic rings. The summed E-state index contributed by atoms with van der Waals surface area (Å²) in [5.74, 6) is -0.0146. The summed E-state index contributed by atoms with van der Waals surface area (Å²) < 4.78 is 31.7. The number of methoxy groups -OCH3 is 1. The fourth-order valence-corrected chi connectivity index (χ4v) is 5.37. The van der Waals surface area contributed by atoms with Crippen molar-refractivity contribution in [3.63, 3.8) is 0 Å². The highest BCUT2D eigenvalue weighted by Crippen LogP contribution is 2.29. The molecule has 1 fully saturated rings. The zero-order valence-corrected chi connectivity index (χ0v) is 14.7. The molecule has 122 valence electrons. The van der Waals surface area contributed by atoms with E-state index in [0.29, 0.717) is 18.0 Å². The lowest BCUT2D eigenvalue weighted by molar-refractivity contribution is -0.137. The third-order valence-electron chi connectivity index (χ3n) is 3.73. The van der Waals surface area contributed by atoms with Crippen LogP contribution in [-0.2, 0) is 19.6 Å². The molecule has 0 aliphatic carbocycles. The van der Waals surface area contributed by atoms with Crippen molar-refractivity contribution in [3.8, 4) is 0 Å². The van der Waals surface area contributed by atoms with Crippen LogP contribution in [-0.4, -0.2) is 49.9 Å². The molecule has 1 saturated heterocycles. The van der Waals surface area contributed by atoms with Gasteiger partial charge in [-0.15, -0.1) is 11.8 Å². The van der Waals surface area contributed by atoms with E-state index in [9.17, 15) is 13.2 Å². The van der Waals surface area contributed by atoms with Gasteiger partial charge in [0, 0.05) is 18.3 Å². The average Bonchev–Trinajstić information content (AvgIpc) is 2.96. The first-order valence-electron chi connectivity index (χ1n) is 7.10. The van der Waals surface area contributed by atoms with Gasteiger partial charge in [0.25, 0.3) is 0 Å². The van der Waals surface area contributed by atoms with E-state index in [-0.39, 0.29) is 17.0 Å². The number of ether oxygens (including phenoxy) is 1. The monoisotopic (exact) mass is 343 g/mol. The summed E-state index contributed by atoms with van der Waals surface area (Å²) in [7, 11) is -2.11. The van der Waals surface area contributed by atoms with Crippen molar-refractivity contribution < 1.29 is 17.9 Å². The highest BCUT2D eigenvalue weighted by molar-refractivity contribution is 8.00. The highest BCUT2D eigenvalue weighted by atomic mass is 32.2. The van der Waals surface area contributed by atoms with E-state index < -0.39 is 10.0 Å². The second-order valence-corrected chi connectivity index (χ2v) is 8.62. The van der Waals surface area contributed by atoms with Gasteiger partial charge in [-0.25, -0.2) is 8.42 Å². The van der Waals surface area contributed by atoms with Crippen LogP contribution < -0.4 is 0 Å². The predicted octanol–water partition coefficient (Wildman–Crippen LogP) is 1.97. The largest absolute Gasteiger partial charge is 0.468 e. The molecule has 0 N–H and O–H groups in total. The highest BCUT2D eigenvalue weighted by Gasteiger charge is 2.33. The van der Waals surface area contributed by atoms with Crippen molar-refractivity contribution >= 4 is 27.8 Å². The van der Waals surface area contributed by atoms with E-state index in [1.807, 2.05) is 26.0 Å². The Bertz CT molecular complexity index is 658. The van der Waals surface area contributed by atoms with E-state index in [1.54, 1.807) is 6.07 Å². The number of thioether (sulfide) groups is 1. The lowest BCUT2D eigenvalue weighted by Crippen LogP contribution is -2.30. The van der Waals surface area contributed by atoms with Gasteiger partial charge in [-0.1, -0.05) is 12.1 Å². The summed E-state index contributed by atoms with van der Waals surface area (Å²) in [4.78, 5) is 11.6. The number of hydrogen-bond acceptors (Lipinski definition) is 5. The van der Waals surface area contributed by atoms with Crippen LogP contribution in [0.2, 0.25) is 0 Å². The van der Waals surface area contributed by atoms with Gasteiger partial charge in [0.2, 0.25) is 10.0 Å². The smallest absolute Gasteiger partial charge is 0.315 e. The van der Waals surface area contributed by atoms with Crippen LogP contribution in [0.25, 0.3) is 0 Å². The van der Waals surface area contributed by atoms with Gasteiger partial charge in [-0.05, 0) is 37.5 Å². The van der Waals surface area contributed by atoms with Gasteiger partial charge in [-0.3, -0.25) is 4.79 Å². The molecule has 1 aromatic carbocycles. The molecule has 2 rings (SSSR count). The van der Waals surface area contributed by atoms with Gasteiger partial charge >= 0.3 is 5.97 Å². The second-order valence-electron chi connectivity index (χ2n) is 5.43. The van der Waals surface area contributed by atoms with Crippen LogP contribution in [0, 0.1) is 13.8 Å². The minimum atomic E-state index is -3.47. The summed E-state index contributed by atoms with van der Waals surface area (Å²) >= 11 is 1.46. The van der Waals surface area contributed by atoms with Crippen molar-refractivity contribution in [2.75, 3.05) is 26.0 Å². The van der Waals surface area contributed by atoms with Crippen LogP contribution >= 0.6 is 11.8 Å². The molecule has 0 spiro atoms. The lowest BCUT2D eigenvalue weighted by Gasteiger charge is -2.18. The number of benzene rings is 1. The van der Waals surface area contributed by atoms with Crippen LogP contribution in [0.1, 0.15) is 17.5 Å². The van der Waals surface area contributed by atoms with Gasteiger partial charge in [0.15, 0.2) is 0 Å². The number of sulfonamides is 1. The number of esters is 1. The summed E-state index contributed by atoms with van der Waals surface area (Å²) in [5.41, 5.74) is 1.69. The Kier molecular flexibility index (Phi) is 5.52. The third kappa shape index (κ3) is 3.83. The topological polar surface area (TPSA) is 63.7 Å². The molecule has 22 heavy (non-hydrogen) atoms. The molecule has 1 aliphatic heterocycles. The van der Waals surface area contributed by atoms with Crippen LogP contribution in [0.5, 0.6) is 0 Å². The first kappa shape index (κ1) is 17.3. The Balaban J connectivity index is 2.09. The molecule has 1 atom stereocenters. The van der Waals surface area contributed by atoms with Gasteiger partial charge in [-0.2, -0.15) is 4.31 Å². The van der Waals surface area contributed by atoms with E-state index in [1.165, 1.54) is 23.2 Å². The lowest BCUT2D eigenvalue weighted by atomic mass is 10.2. The molecule has 0 radical (unpaired) electrons. The normalized spacial score (nSPS) is 19.3. The van der Waals surface area contributed by atoms with Gasteiger partial charge in [0.05, 0.1) is 17.8 Å². The molecule has 0 saturated carbocycles. The molecule has 7 heteroatoms. The summed E-state index contributed by atoms with van der Waals surface area (Å²) in [6, 6.07) is 5.47. The van der Waals surface area contributed by atoms with E-state index in [4.69, 9.17) is 0 Å². The molecule has 0 unspecified atom stereocenters. The summed E-state index contributed by atoms with van der Waals surface area (Å²) in [5, 5.41) is 0.138. The molecule has 1 heterocycles. The molecule has 1 aliphatic rings. The maximum atomic E-state index is 12.8.